The second kappa shape index (κ2) is 7.70. The molecule has 4 heteroatoms. The first-order valence-corrected chi connectivity index (χ1v) is 7.93. The van der Waals surface area contributed by atoms with Crippen LogP contribution in [-0.4, -0.2) is 6.61 Å². The number of thiophene rings is 1. The average Bonchev–Trinajstić information content (AvgIpc) is 2.91. The third kappa shape index (κ3) is 4.80. The van der Waals surface area contributed by atoms with Gasteiger partial charge in [-0.15, -0.1) is 11.3 Å². The summed E-state index contributed by atoms with van der Waals surface area (Å²) in [5.41, 5.74) is 1.05. The van der Waals surface area contributed by atoms with Crippen LogP contribution in [0.15, 0.2) is 36.4 Å². The molecule has 1 unspecified atom stereocenters. The standard InChI is InChI=1S/C17H20N2OS/c1-13-8-9-17(21-13)14(2)19-15-6-5-7-16(12-15)20-11-4-3-10-18/h5-9,12,14,19H,3-4,11H2,1-2H3. The van der Waals surface area contributed by atoms with Gasteiger partial charge < -0.3 is 10.1 Å². The third-order valence-corrected chi connectivity index (χ3v) is 4.29. The topological polar surface area (TPSA) is 45.0 Å². The molecule has 0 saturated carbocycles. The van der Waals surface area contributed by atoms with Crippen LogP contribution in [0.25, 0.3) is 0 Å². The molecule has 2 aromatic rings. The van der Waals surface area contributed by atoms with Crippen LogP contribution in [0.1, 0.15) is 35.6 Å². The monoisotopic (exact) mass is 300 g/mol. The number of aryl methyl sites for hydroxylation is 1. The van der Waals surface area contributed by atoms with Gasteiger partial charge in [0.05, 0.1) is 18.7 Å². The predicted octanol–water partition coefficient (Wildman–Crippen LogP) is 4.91. The van der Waals surface area contributed by atoms with Crippen LogP contribution in [0.4, 0.5) is 5.69 Å². The lowest BCUT2D eigenvalue weighted by Gasteiger charge is -2.15. The van der Waals surface area contributed by atoms with E-state index >= 15 is 0 Å². The summed E-state index contributed by atoms with van der Waals surface area (Å²) in [6.07, 6.45) is 1.30. The Labute approximate surface area is 130 Å². The molecule has 0 amide bonds. The molecule has 1 aromatic heterocycles. The number of ether oxygens (including phenoxy) is 1. The summed E-state index contributed by atoms with van der Waals surface area (Å²) in [6, 6.07) is 14.7. The summed E-state index contributed by atoms with van der Waals surface area (Å²) < 4.78 is 5.65. The first kappa shape index (κ1) is 15.4. The van der Waals surface area contributed by atoms with E-state index in [1.54, 1.807) is 0 Å². The molecule has 110 valence electrons. The highest BCUT2D eigenvalue weighted by atomic mass is 32.1. The Morgan fingerprint density at radius 1 is 1.33 bits per heavy atom. The molecular weight excluding hydrogens is 280 g/mol. The zero-order valence-corrected chi connectivity index (χ0v) is 13.2. The van der Waals surface area contributed by atoms with Crippen LogP contribution in [0.2, 0.25) is 0 Å². The average molecular weight is 300 g/mol. The number of hydrogen-bond donors (Lipinski definition) is 1. The normalized spacial score (nSPS) is 11.7. The summed E-state index contributed by atoms with van der Waals surface area (Å²) in [6.45, 7) is 4.86. The minimum atomic E-state index is 0.275. The molecule has 1 aromatic carbocycles. The molecule has 1 atom stereocenters. The second-order valence-electron chi connectivity index (χ2n) is 4.95. The molecule has 0 radical (unpaired) electrons. The van der Waals surface area contributed by atoms with Crippen molar-refractivity contribution in [3.63, 3.8) is 0 Å². The van der Waals surface area contributed by atoms with Crippen molar-refractivity contribution in [2.75, 3.05) is 11.9 Å². The first-order valence-electron chi connectivity index (χ1n) is 7.11. The minimum Gasteiger partial charge on any atom is -0.493 e. The maximum atomic E-state index is 8.50. The van der Waals surface area contributed by atoms with Gasteiger partial charge in [0.2, 0.25) is 0 Å². The van der Waals surface area contributed by atoms with Crippen molar-refractivity contribution in [2.45, 2.75) is 32.7 Å². The molecule has 0 saturated heterocycles. The minimum absolute atomic E-state index is 0.275. The Morgan fingerprint density at radius 3 is 2.90 bits per heavy atom. The van der Waals surface area contributed by atoms with Crippen LogP contribution < -0.4 is 10.1 Å². The molecule has 0 spiro atoms. The van der Waals surface area contributed by atoms with E-state index in [2.05, 4.69) is 37.4 Å². The maximum Gasteiger partial charge on any atom is 0.121 e. The molecule has 0 aliphatic rings. The summed E-state index contributed by atoms with van der Waals surface area (Å²) in [7, 11) is 0. The van der Waals surface area contributed by atoms with Crippen molar-refractivity contribution in [2.24, 2.45) is 0 Å². The highest BCUT2D eigenvalue weighted by Gasteiger charge is 2.07. The fourth-order valence-electron chi connectivity index (χ4n) is 2.02. The predicted molar refractivity (Wildman–Crippen MR) is 87.9 cm³/mol. The fraction of sp³-hybridized carbons (Fsp3) is 0.353. The van der Waals surface area contributed by atoms with Crippen molar-refractivity contribution in [1.29, 1.82) is 5.26 Å². The molecule has 0 bridgehead atoms. The molecule has 21 heavy (non-hydrogen) atoms. The van der Waals surface area contributed by atoms with Crippen molar-refractivity contribution in [3.8, 4) is 11.8 Å². The van der Waals surface area contributed by atoms with Crippen LogP contribution >= 0.6 is 11.3 Å². The number of nitrogens with zero attached hydrogens (tertiary/aromatic N) is 1. The number of unbranched alkanes of at least 4 members (excludes halogenated alkanes) is 1. The third-order valence-electron chi connectivity index (χ3n) is 3.11. The van der Waals surface area contributed by atoms with Gasteiger partial charge in [-0.05, 0) is 44.5 Å². The number of benzene rings is 1. The molecular formula is C17H20N2OS. The van der Waals surface area contributed by atoms with Gasteiger partial charge in [0.25, 0.3) is 0 Å². The van der Waals surface area contributed by atoms with E-state index in [4.69, 9.17) is 10.00 Å². The van der Waals surface area contributed by atoms with E-state index < -0.39 is 0 Å². The lowest BCUT2D eigenvalue weighted by Crippen LogP contribution is -2.05. The number of nitrogens with one attached hydrogen (secondary N) is 1. The molecule has 0 aliphatic heterocycles. The summed E-state index contributed by atoms with van der Waals surface area (Å²) in [5, 5.41) is 12.0. The van der Waals surface area contributed by atoms with Crippen LogP contribution in [0.3, 0.4) is 0 Å². The lowest BCUT2D eigenvalue weighted by molar-refractivity contribution is 0.313. The maximum absolute atomic E-state index is 8.50. The van der Waals surface area contributed by atoms with Gasteiger partial charge in [0, 0.05) is 27.9 Å². The van der Waals surface area contributed by atoms with Crippen molar-refractivity contribution >= 4 is 17.0 Å². The molecule has 3 nitrogen and oxygen atoms in total. The Kier molecular flexibility index (Phi) is 5.65. The smallest absolute Gasteiger partial charge is 0.121 e. The molecule has 0 aliphatic carbocycles. The van der Waals surface area contributed by atoms with E-state index in [0.29, 0.717) is 13.0 Å². The molecule has 1 N–H and O–H groups in total. The fourth-order valence-corrected chi connectivity index (χ4v) is 2.90. The zero-order chi connectivity index (χ0) is 15.1. The summed E-state index contributed by atoms with van der Waals surface area (Å²) in [5.74, 6) is 0.840. The zero-order valence-electron chi connectivity index (χ0n) is 12.4. The summed E-state index contributed by atoms with van der Waals surface area (Å²) in [4.78, 5) is 2.65. The number of hydrogen-bond acceptors (Lipinski definition) is 4. The van der Waals surface area contributed by atoms with Crippen LogP contribution in [0.5, 0.6) is 5.75 Å². The van der Waals surface area contributed by atoms with E-state index in [0.717, 1.165) is 17.9 Å². The van der Waals surface area contributed by atoms with E-state index in [9.17, 15) is 0 Å². The van der Waals surface area contributed by atoms with Crippen molar-refractivity contribution < 1.29 is 4.74 Å². The molecule has 2 rings (SSSR count). The summed E-state index contributed by atoms with van der Waals surface area (Å²) >= 11 is 1.81. The Bertz CT molecular complexity index is 615. The molecule has 1 heterocycles. The quantitative estimate of drug-likeness (QED) is 0.739. The van der Waals surface area contributed by atoms with E-state index in [1.165, 1.54) is 9.75 Å². The van der Waals surface area contributed by atoms with E-state index in [-0.39, 0.29) is 6.04 Å². The van der Waals surface area contributed by atoms with Gasteiger partial charge in [0.1, 0.15) is 5.75 Å². The SMILES string of the molecule is Cc1ccc(C(C)Nc2cccc(OCCCC#N)c2)s1. The van der Waals surface area contributed by atoms with Crippen LogP contribution in [-0.2, 0) is 0 Å². The van der Waals surface area contributed by atoms with Gasteiger partial charge in [-0.1, -0.05) is 6.07 Å². The van der Waals surface area contributed by atoms with Crippen molar-refractivity contribution in [1.82, 2.24) is 0 Å². The molecule has 0 fully saturated rings. The van der Waals surface area contributed by atoms with E-state index in [1.807, 2.05) is 35.6 Å². The number of rotatable bonds is 7. The number of anilines is 1. The lowest BCUT2D eigenvalue weighted by atomic mass is 10.2. The number of nitriles is 1. The first-order chi connectivity index (χ1) is 10.2. The van der Waals surface area contributed by atoms with Gasteiger partial charge in [-0.2, -0.15) is 5.26 Å². The highest BCUT2D eigenvalue weighted by molar-refractivity contribution is 7.12. The van der Waals surface area contributed by atoms with Gasteiger partial charge >= 0.3 is 0 Å². The van der Waals surface area contributed by atoms with Crippen molar-refractivity contribution in [3.05, 3.63) is 46.2 Å². The van der Waals surface area contributed by atoms with Gasteiger partial charge in [-0.25, -0.2) is 0 Å². The van der Waals surface area contributed by atoms with Crippen LogP contribution in [0, 0.1) is 18.3 Å². The Balaban J connectivity index is 1.93. The largest absolute Gasteiger partial charge is 0.493 e. The Hall–Kier alpha value is -1.99. The Morgan fingerprint density at radius 2 is 2.19 bits per heavy atom. The van der Waals surface area contributed by atoms with Gasteiger partial charge in [0.15, 0.2) is 0 Å². The highest BCUT2D eigenvalue weighted by Crippen LogP contribution is 2.27. The second-order valence-corrected chi connectivity index (χ2v) is 6.27. The van der Waals surface area contributed by atoms with Gasteiger partial charge in [-0.3, -0.25) is 0 Å².